The van der Waals surface area contributed by atoms with E-state index < -0.39 is 17.6 Å². The van der Waals surface area contributed by atoms with Gasteiger partial charge in [-0.1, -0.05) is 56.3 Å². The number of aliphatic hydroxyl groups is 1. The summed E-state index contributed by atoms with van der Waals surface area (Å²) in [5, 5.41) is 20.3. The Bertz CT molecular complexity index is 802. The number of pyridine rings is 1. The molecule has 0 aliphatic rings. The number of hydrogen-bond donors (Lipinski definition) is 3. The van der Waals surface area contributed by atoms with Crippen LogP contribution < -0.4 is 5.73 Å². The highest BCUT2D eigenvalue weighted by Crippen LogP contribution is 2.23. The van der Waals surface area contributed by atoms with Crippen LogP contribution in [0.15, 0.2) is 42.6 Å². The van der Waals surface area contributed by atoms with E-state index >= 15 is 0 Å². The van der Waals surface area contributed by atoms with Crippen LogP contribution in [0.5, 0.6) is 0 Å². The average molecular weight is 368 g/mol. The van der Waals surface area contributed by atoms with Crippen LogP contribution in [0.1, 0.15) is 42.7 Å². The lowest BCUT2D eigenvalue weighted by Gasteiger charge is -2.30. The Morgan fingerprint density at radius 1 is 1.26 bits per heavy atom. The van der Waals surface area contributed by atoms with Crippen LogP contribution in [0.3, 0.4) is 0 Å². The minimum absolute atomic E-state index is 0.136. The normalized spacial score (nSPS) is 15.0. The number of carbonyl (C=O) groups is 1. The Morgan fingerprint density at radius 3 is 2.52 bits per heavy atom. The SMILES string of the molecule is Cc1cnc(C[C@](O)(C(=O)O)[C@@H](N)CC(C)C)cc1/C=C/c1ccccc1. The van der Waals surface area contributed by atoms with Crippen LogP contribution in [-0.4, -0.2) is 32.8 Å². The van der Waals surface area contributed by atoms with E-state index in [1.165, 1.54) is 0 Å². The zero-order valence-corrected chi connectivity index (χ0v) is 16.1. The van der Waals surface area contributed by atoms with Gasteiger partial charge in [0, 0.05) is 24.4 Å². The predicted molar refractivity (Wildman–Crippen MR) is 108 cm³/mol. The highest BCUT2D eigenvalue weighted by Gasteiger charge is 2.43. The zero-order chi connectivity index (χ0) is 20.0. The van der Waals surface area contributed by atoms with E-state index in [2.05, 4.69) is 4.98 Å². The van der Waals surface area contributed by atoms with Gasteiger partial charge in [-0.25, -0.2) is 4.79 Å². The summed E-state index contributed by atoms with van der Waals surface area (Å²) >= 11 is 0. The first kappa shape index (κ1) is 20.8. The molecule has 0 radical (unpaired) electrons. The molecule has 2 aromatic rings. The molecule has 0 aliphatic carbocycles. The van der Waals surface area contributed by atoms with Gasteiger partial charge in [-0.2, -0.15) is 0 Å². The van der Waals surface area contributed by atoms with E-state index in [1.807, 2.05) is 69.3 Å². The second-order valence-electron chi connectivity index (χ2n) is 7.42. The van der Waals surface area contributed by atoms with Crippen molar-refractivity contribution in [1.29, 1.82) is 0 Å². The van der Waals surface area contributed by atoms with Gasteiger partial charge < -0.3 is 15.9 Å². The summed E-state index contributed by atoms with van der Waals surface area (Å²) in [5.74, 6) is -1.14. The molecule has 27 heavy (non-hydrogen) atoms. The summed E-state index contributed by atoms with van der Waals surface area (Å²) < 4.78 is 0. The molecule has 2 atom stereocenters. The number of aromatic nitrogens is 1. The molecule has 1 heterocycles. The number of nitrogens with zero attached hydrogens (tertiary/aromatic N) is 1. The van der Waals surface area contributed by atoms with Gasteiger partial charge in [-0.3, -0.25) is 4.98 Å². The molecule has 0 amide bonds. The molecule has 0 unspecified atom stereocenters. The van der Waals surface area contributed by atoms with Gasteiger partial charge >= 0.3 is 5.97 Å². The number of aliphatic carboxylic acids is 1. The summed E-state index contributed by atoms with van der Waals surface area (Å²) in [6.07, 6.45) is 5.91. The third-order valence-corrected chi connectivity index (χ3v) is 4.62. The Kier molecular flexibility index (Phi) is 6.88. The maximum atomic E-state index is 11.7. The van der Waals surface area contributed by atoms with E-state index in [4.69, 9.17) is 5.73 Å². The lowest BCUT2D eigenvalue weighted by Crippen LogP contribution is -2.56. The third kappa shape index (κ3) is 5.49. The number of benzene rings is 1. The van der Waals surface area contributed by atoms with E-state index in [9.17, 15) is 15.0 Å². The first-order valence-electron chi connectivity index (χ1n) is 9.12. The lowest BCUT2D eigenvalue weighted by molar-refractivity contribution is -0.161. The molecule has 0 saturated carbocycles. The van der Waals surface area contributed by atoms with Crippen molar-refractivity contribution in [3.8, 4) is 0 Å². The van der Waals surface area contributed by atoms with Crippen LogP contribution in [-0.2, 0) is 11.2 Å². The summed E-state index contributed by atoms with van der Waals surface area (Å²) in [5.41, 5.74) is 7.44. The molecule has 0 fully saturated rings. The fourth-order valence-electron chi connectivity index (χ4n) is 2.96. The molecule has 0 spiro atoms. The third-order valence-electron chi connectivity index (χ3n) is 4.62. The monoisotopic (exact) mass is 368 g/mol. The summed E-state index contributed by atoms with van der Waals surface area (Å²) in [4.78, 5) is 16.0. The largest absolute Gasteiger partial charge is 0.479 e. The molecule has 144 valence electrons. The smallest absolute Gasteiger partial charge is 0.337 e. The fraction of sp³-hybridized carbons (Fsp3) is 0.364. The maximum Gasteiger partial charge on any atom is 0.337 e. The Morgan fingerprint density at radius 2 is 1.93 bits per heavy atom. The number of carboxylic acid groups (broad SMARTS) is 1. The molecular weight excluding hydrogens is 340 g/mol. The van der Waals surface area contributed by atoms with Crippen molar-refractivity contribution >= 4 is 18.1 Å². The number of rotatable bonds is 8. The number of carboxylic acids is 1. The number of hydrogen-bond acceptors (Lipinski definition) is 4. The van der Waals surface area contributed by atoms with Gasteiger partial charge in [0.05, 0.1) is 0 Å². The second-order valence-corrected chi connectivity index (χ2v) is 7.42. The van der Waals surface area contributed by atoms with Crippen LogP contribution in [0.25, 0.3) is 12.2 Å². The van der Waals surface area contributed by atoms with Gasteiger partial charge in [0.1, 0.15) is 0 Å². The predicted octanol–water partition coefficient (Wildman–Crippen LogP) is 3.29. The van der Waals surface area contributed by atoms with Crippen LogP contribution in [0.4, 0.5) is 0 Å². The molecule has 4 N–H and O–H groups in total. The van der Waals surface area contributed by atoms with Gasteiger partial charge in [0.25, 0.3) is 0 Å². The van der Waals surface area contributed by atoms with Gasteiger partial charge in [0.15, 0.2) is 5.60 Å². The maximum absolute atomic E-state index is 11.7. The van der Waals surface area contributed by atoms with Crippen molar-refractivity contribution in [1.82, 2.24) is 4.98 Å². The Hall–Kier alpha value is -2.50. The highest BCUT2D eigenvalue weighted by atomic mass is 16.4. The first-order valence-corrected chi connectivity index (χ1v) is 9.12. The molecule has 0 saturated heterocycles. The number of nitrogens with two attached hydrogens (primary N) is 1. The molecule has 0 aliphatic heterocycles. The van der Waals surface area contributed by atoms with Crippen molar-refractivity contribution < 1.29 is 15.0 Å². The van der Waals surface area contributed by atoms with E-state index in [0.29, 0.717) is 12.1 Å². The molecule has 1 aromatic heterocycles. The summed E-state index contributed by atoms with van der Waals surface area (Å²) in [6, 6.07) is 10.8. The van der Waals surface area contributed by atoms with Gasteiger partial charge in [0.2, 0.25) is 0 Å². The topological polar surface area (TPSA) is 96.4 Å². The fourth-order valence-corrected chi connectivity index (χ4v) is 2.96. The van der Waals surface area contributed by atoms with Crippen molar-refractivity contribution in [2.24, 2.45) is 11.7 Å². The first-order chi connectivity index (χ1) is 12.7. The minimum atomic E-state index is -2.05. The quantitative estimate of drug-likeness (QED) is 0.664. The molecule has 1 aromatic carbocycles. The molecule has 2 rings (SSSR count). The van der Waals surface area contributed by atoms with E-state index in [-0.39, 0.29) is 12.3 Å². The van der Waals surface area contributed by atoms with E-state index in [0.717, 1.165) is 16.7 Å². The molecular formula is C22H28N2O3. The average Bonchev–Trinajstić information content (AvgIpc) is 2.62. The second kappa shape index (κ2) is 8.93. The number of aryl methyl sites for hydroxylation is 1. The van der Waals surface area contributed by atoms with Crippen molar-refractivity contribution in [2.45, 2.75) is 45.3 Å². The minimum Gasteiger partial charge on any atom is -0.479 e. The standard InChI is InChI=1S/C22H28N2O3/c1-15(2)11-20(23)22(27,21(25)26)13-19-12-18(16(3)14-24-19)10-9-17-7-5-4-6-8-17/h4-10,12,14-15,20,27H,11,13,23H2,1-3H3,(H,25,26)/b10-9+/t20-,22+/m0/s1. The van der Waals surface area contributed by atoms with Gasteiger partial charge in [-0.05, 0) is 42.0 Å². The van der Waals surface area contributed by atoms with Crippen LogP contribution in [0.2, 0.25) is 0 Å². The van der Waals surface area contributed by atoms with Crippen molar-refractivity contribution in [2.75, 3.05) is 0 Å². The zero-order valence-electron chi connectivity index (χ0n) is 16.1. The molecule has 5 heteroatoms. The molecule has 0 bridgehead atoms. The summed E-state index contributed by atoms with van der Waals surface area (Å²) in [6.45, 7) is 5.83. The lowest BCUT2D eigenvalue weighted by atomic mass is 9.84. The van der Waals surface area contributed by atoms with Crippen molar-refractivity contribution in [3.05, 3.63) is 65.0 Å². The summed E-state index contributed by atoms with van der Waals surface area (Å²) in [7, 11) is 0. The van der Waals surface area contributed by atoms with Crippen LogP contribution in [0, 0.1) is 12.8 Å². The Balaban J connectivity index is 2.27. The highest BCUT2D eigenvalue weighted by molar-refractivity contribution is 5.79. The van der Waals surface area contributed by atoms with Crippen LogP contribution >= 0.6 is 0 Å². The Labute approximate surface area is 160 Å². The van der Waals surface area contributed by atoms with Gasteiger partial charge in [-0.15, -0.1) is 0 Å². The molecule has 5 nitrogen and oxygen atoms in total. The van der Waals surface area contributed by atoms with E-state index in [1.54, 1.807) is 6.20 Å². The van der Waals surface area contributed by atoms with Crippen molar-refractivity contribution in [3.63, 3.8) is 0 Å².